The van der Waals surface area contributed by atoms with E-state index in [1.165, 1.54) is 19.3 Å². The first kappa shape index (κ1) is 13.2. The summed E-state index contributed by atoms with van der Waals surface area (Å²) in [5, 5.41) is 9.16. The smallest absolute Gasteiger partial charge is 0.335 e. The van der Waals surface area contributed by atoms with E-state index in [0.29, 0.717) is 11.6 Å². The monoisotopic (exact) mass is 272 g/mol. The second-order valence-electron chi connectivity index (χ2n) is 5.61. The topological polar surface area (TPSA) is 55.1 Å². The van der Waals surface area contributed by atoms with E-state index in [9.17, 15) is 4.79 Å². The molecule has 0 radical (unpaired) electrons. The van der Waals surface area contributed by atoms with Crippen LogP contribution < -0.4 is 0 Å². The van der Waals surface area contributed by atoms with Gasteiger partial charge in [0, 0.05) is 12.5 Å². The molecule has 1 N–H and O–H groups in total. The molecular weight excluding hydrogens is 252 g/mol. The summed E-state index contributed by atoms with van der Waals surface area (Å²) in [7, 11) is 0. The van der Waals surface area contributed by atoms with E-state index >= 15 is 0 Å². The van der Waals surface area contributed by atoms with Crippen LogP contribution in [0, 0.1) is 5.92 Å². The van der Waals surface area contributed by atoms with Crippen molar-refractivity contribution in [3.63, 3.8) is 0 Å². The first-order valence-electron chi connectivity index (χ1n) is 7.39. The van der Waals surface area contributed by atoms with Crippen molar-refractivity contribution in [3.8, 4) is 0 Å². The molecule has 1 aliphatic carbocycles. The van der Waals surface area contributed by atoms with Crippen LogP contribution in [0.5, 0.6) is 0 Å². The fraction of sp³-hybridized carbons (Fsp3) is 0.500. The van der Waals surface area contributed by atoms with Gasteiger partial charge in [0.1, 0.15) is 5.82 Å². The van der Waals surface area contributed by atoms with Crippen LogP contribution in [0.4, 0.5) is 0 Å². The van der Waals surface area contributed by atoms with E-state index < -0.39 is 5.97 Å². The lowest BCUT2D eigenvalue weighted by Gasteiger charge is -2.08. The maximum absolute atomic E-state index is 11.2. The van der Waals surface area contributed by atoms with Crippen molar-refractivity contribution >= 4 is 17.0 Å². The molecule has 2 unspecified atom stereocenters. The lowest BCUT2D eigenvalue weighted by atomic mass is 10.2. The molecule has 0 aliphatic heterocycles. The summed E-state index contributed by atoms with van der Waals surface area (Å²) in [6.07, 6.45) is 4.53. The van der Waals surface area contributed by atoms with Gasteiger partial charge >= 0.3 is 5.97 Å². The number of aromatic carboxylic acids is 1. The molecule has 2 aromatic rings. The molecule has 20 heavy (non-hydrogen) atoms. The lowest BCUT2D eigenvalue weighted by molar-refractivity contribution is 0.0697. The minimum Gasteiger partial charge on any atom is -0.478 e. The predicted molar refractivity (Wildman–Crippen MR) is 78.1 cm³/mol. The summed E-state index contributed by atoms with van der Waals surface area (Å²) in [6, 6.07) is 5.74. The number of hydrogen-bond acceptors (Lipinski definition) is 2. The van der Waals surface area contributed by atoms with Crippen LogP contribution in [-0.2, 0) is 6.42 Å². The van der Waals surface area contributed by atoms with Crippen LogP contribution in [0.2, 0.25) is 0 Å². The van der Waals surface area contributed by atoms with Crippen LogP contribution >= 0.6 is 0 Å². The van der Waals surface area contributed by atoms with E-state index in [2.05, 4.69) is 23.4 Å². The molecule has 1 saturated carbocycles. The van der Waals surface area contributed by atoms with Gasteiger partial charge in [-0.25, -0.2) is 9.78 Å². The zero-order valence-electron chi connectivity index (χ0n) is 12.0. The number of benzene rings is 1. The molecule has 0 spiro atoms. The molecule has 0 amide bonds. The highest BCUT2D eigenvalue weighted by Crippen LogP contribution is 2.48. The van der Waals surface area contributed by atoms with Crippen LogP contribution in [0.15, 0.2) is 18.2 Å². The van der Waals surface area contributed by atoms with Gasteiger partial charge < -0.3 is 9.67 Å². The number of rotatable bonds is 5. The highest BCUT2D eigenvalue weighted by Gasteiger charge is 2.39. The number of carbonyl (C=O) groups is 1. The average molecular weight is 272 g/mol. The minimum absolute atomic E-state index is 0.342. The number of hydrogen-bond donors (Lipinski definition) is 1. The van der Waals surface area contributed by atoms with Gasteiger partial charge in [-0.15, -0.1) is 0 Å². The molecule has 1 aromatic heterocycles. The molecule has 4 nitrogen and oxygen atoms in total. The van der Waals surface area contributed by atoms with Crippen molar-refractivity contribution in [1.82, 2.24) is 9.55 Å². The average Bonchev–Trinajstić information content (AvgIpc) is 3.08. The molecule has 2 atom stereocenters. The van der Waals surface area contributed by atoms with Gasteiger partial charge in [0.05, 0.1) is 16.6 Å². The van der Waals surface area contributed by atoms with Crippen molar-refractivity contribution in [2.75, 3.05) is 0 Å². The third-order valence-electron chi connectivity index (χ3n) is 4.20. The summed E-state index contributed by atoms with van der Waals surface area (Å²) in [6.45, 7) is 4.32. The number of nitrogens with zero attached hydrogens (tertiary/aromatic N) is 2. The molecule has 1 aromatic carbocycles. The highest BCUT2D eigenvalue weighted by atomic mass is 16.4. The maximum Gasteiger partial charge on any atom is 0.335 e. The Morgan fingerprint density at radius 2 is 2.25 bits per heavy atom. The molecule has 106 valence electrons. The van der Waals surface area contributed by atoms with E-state index in [4.69, 9.17) is 5.11 Å². The van der Waals surface area contributed by atoms with Gasteiger partial charge in [-0.2, -0.15) is 0 Å². The first-order chi connectivity index (χ1) is 9.65. The van der Waals surface area contributed by atoms with Gasteiger partial charge in [0.2, 0.25) is 0 Å². The van der Waals surface area contributed by atoms with Gasteiger partial charge in [-0.05, 0) is 37.0 Å². The van der Waals surface area contributed by atoms with Gasteiger partial charge in [0.25, 0.3) is 0 Å². The zero-order valence-corrected chi connectivity index (χ0v) is 12.0. The SMILES string of the molecule is CCCC1CC1n1c(CC)nc2ccc(C(=O)O)cc21. The van der Waals surface area contributed by atoms with Gasteiger partial charge in [0.15, 0.2) is 0 Å². The number of carboxylic acids is 1. The third kappa shape index (κ3) is 2.09. The Labute approximate surface area is 118 Å². The van der Waals surface area contributed by atoms with Crippen LogP contribution in [0.25, 0.3) is 11.0 Å². The van der Waals surface area contributed by atoms with Crippen molar-refractivity contribution in [2.45, 2.75) is 45.6 Å². The second-order valence-corrected chi connectivity index (χ2v) is 5.61. The summed E-state index contributed by atoms with van der Waals surface area (Å²) in [5.74, 6) is 0.931. The largest absolute Gasteiger partial charge is 0.478 e. The standard InChI is InChI=1S/C16H20N2O2/c1-3-5-10-8-13(10)18-14-9-11(16(19)20)6-7-12(14)17-15(18)4-2/h6-7,9-10,13H,3-5,8H2,1-2H3,(H,19,20). The van der Waals surface area contributed by atoms with E-state index in [1.54, 1.807) is 12.1 Å². The van der Waals surface area contributed by atoms with Crippen LogP contribution in [0.1, 0.15) is 55.3 Å². The fourth-order valence-electron chi connectivity index (χ4n) is 3.12. The summed E-state index contributed by atoms with van der Waals surface area (Å²) >= 11 is 0. The number of carboxylic acid groups (broad SMARTS) is 1. The second kappa shape index (κ2) is 4.93. The number of aromatic nitrogens is 2. The van der Waals surface area contributed by atoms with E-state index in [1.807, 2.05) is 6.07 Å². The normalized spacial score (nSPS) is 21.3. The Morgan fingerprint density at radius 1 is 1.45 bits per heavy atom. The Kier molecular flexibility index (Phi) is 3.24. The highest BCUT2D eigenvalue weighted by molar-refractivity contribution is 5.92. The third-order valence-corrected chi connectivity index (χ3v) is 4.20. The van der Waals surface area contributed by atoms with Crippen molar-refractivity contribution in [3.05, 3.63) is 29.6 Å². The minimum atomic E-state index is -0.876. The Morgan fingerprint density at radius 3 is 2.90 bits per heavy atom. The van der Waals surface area contributed by atoms with E-state index in [-0.39, 0.29) is 0 Å². The zero-order chi connectivity index (χ0) is 14.3. The molecule has 1 heterocycles. The summed E-state index contributed by atoms with van der Waals surface area (Å²) < 4.78 is 2.28. The summed E-state index contributed by atoms with van der Waals surface area (Å²) in [4.78, 5) is 15.8. The molecule has 0 saturated heterocycles. The van der Waals surface area contributed by atoms with E-state index in [0.717, 1.165) is 29.2 Å². The number of aryl methyl sites for hydroxylation is 1. The quantitative estimate of drug-likeness (QED) is 0.903. The lowest BCUT2D eigenvalue weighted by Crippen LogP contribution is -2.03. The molecular formula is C16H20N2O2. The van der Waals surface area contributed by atoms with Crippen LogP contribution in [-0.4, -0.2) is 20.6 Å². The molecule has 0 bridgehead atoms. The van der Waals surface area contributed by atoms with Gasteiger partial charge in [-0.3, -0.25) is 0 Å². The van der Waals surface area contributed by atoms with Crippen molar-refractivity contribution in [2.24, 2.45) is 5.92 Å². The van der Waals surface area contributed by atoms with Crippen LogP contribution in [0.3, 0.4) is 0 Å². The summed E-state index contributed by atoms with van der Waals surface area (Å²) in [5.41, 5.74) is 2.23. The Hall–Kier alpha value is -1.84. The van der Waals surface area contributed by atoms with Gasteiger partial charge in [-0.1, -0.05) is 20.3 Å². The molecule has 1 fully saturated rings. The Balaban J connectivity index is 2.08. The predicted octanol–water partition coefficient (Wildman–Crippen LogP) is 3.66. The maximum atomic E-state index is 11.2. The number of fused-ring (bicyclic) bond motifs is 1. The number of imidazole rings is 1. The van der Waals surface area contributed by atoms with Crippen molar-refractivity contribution < 1.29 is 9.90 Å². The fourth-order valence-corrected chi connectivity index (χ4v) is 3.12. The molecule has 3 rings (SSSR count). The first-order valence-corrected chi connectivity index (χ1v) is 7.39. The molecule has 4 heteroatoms. The van der Waals surface area contributed by atoms with Crippen molar-refractivity contribution in [1.29, 1.82) is 0 Å². The molecule has 1 aliphatic rings. The Bertz CT molecular complexity index is 660.